The van der Waals surface area contributed by atoms with Crippen molar-refractivity contribution in [3.05, 3.63) is 63.5 Å². The summed E-state index contributed by atoms with van der Waals surface area (Å²) in [6, 6.07) is 9.09. The van der Waals surface area contributed by atoms with Crippen LogP contribution in [0.15, 0.2) is 52.1 Å². The van der Waals surface area contributed by atoms with E-state index in [9.17, 15) is 19.5 Å². The van der Waals surface area contributed by atoms with E-state index in [0.717, 1.165) is 51.6 Å². The van der Waals surface area contributed by atoms with Crippen LogP contribution in [0.2, 0.25) is 0 Å². The van der Waals surface area contributed by atoms with Gasteiger partial charge in [-0.25, -0.2) is 23.5 Å². The lowest BCUT2D eigenvalue weighted by Crippen LogP contribution is -2.78. The van der Waals surface area contributed by atoms with Crippen LogP contribution >= 0.6 is 0 Å². The molecule has 3 saturated carbocycles. The highest BCUT2D eigenvalue weighted by molar-refractivity contribution is 5.82. The van der Waals surface area contributed by atoms with Crippen molar-refractivity contribution in [2.75, 3.05) is 13.2 Å². The van der Waals surface area contributed by atoms with Crippen molar-refractivity contribution >= 4 is 5.78 Å². The Morgan fingerprint density at radius 1 is 0.977 bits per heavy atom. The van der Waals surface area contributed by atoms with Gasteiger partial charge in [-0.2, -0.15) is 0 Å². The molecule has 2 bridgehead atoms. The Balaban J connectivity index is 1.28. The molecule has 236 valence electrons. The smallest absolute Gasteiger partial charge is 0.352 e. The number of fused-ring (bicyclic) bond motifs is 1. The fraction of sp³-hybridized carbons (Fsp3) is 0.686. The van der Waals surface area contributed by atoms with Crippen molar-refractivity contribution in [1.29, 1.82) is 0 Å². The first-order valence-electron chi connectivity index (χ1n) is 16.8. The summed E-state index contributed by atoms with van der Waals surface area (Å²) in [6.45, 7) is 8.17. The Hall–Kier alpha value is -2.75. The summed E-state index contributed by atoms with van der Waals surface area (Å²) in [6.07, 6.45) is 10.3. The maximum absolute atomic E-state index is 14.7. The number of aliphatic hydroxyl groups is 1. The highest BCUT2D eigenvalue weighted by Gasteiger charge is 2.77. The number of benzene rings is 1. The van der Waals surface area contributed by atoms with E-state index in [-0.39, 0.29) is 47.9 Å². The summed E-state index contributed by atoms with van der Waals surface area (Å²) in [5.74, 6) is 0.597. The summed E-state index contributed by atoms with van der Waals surface area (Å²) in [7, 11) is 0. The van der Waals surface area contributed by atoms with Gasteiger partial charge in [0.05, 0.1) is 29.5 Å². The molecule has 1 N–H and O–H groups in total. The van der Waals surface area contributed by atoms with Gasteiger partial charge in [-0.1, -0.05) is 51.1 Å². The number of aliphatic hydroxyl groups excluding tert-OH is 1. The van der Waals surface area contributed by atoms with Gasteiger partial charge < -0.3 is 14.6 Å². The van der Waals surface area contributed by atoms with Crippen LogP contribution in [-0.2, 0) is 25.3 Å². The molecule has 3 aliphatic heterocycles. The Morgan fingerprint density at radius 2 is 1.75 bits per heavy atom. The number of ether oxygens (including phenoxy) is 2. The maximum atomic E-state index is 14.7. The van der Waals surface area contributed by atoms with Crippen LogP contribution in [-0.4, -0.2) is 50.4 Å². The first-order chi connectivity index (χ1) is 21.1. The second kappa shape index (κ2) is 9.63. The second-order valence-electron chi connectivity index (χ2n) is 15.2. The number of aromatic nitrogens is 3. The quantitative estimate of drug-likeness (QED) is 0.516. The second-order valence-corrected chi connectivity index (χ2v) is 15.2. The minimum Gasteiger partial charge on any atom is -0.392 e. The summed E-state index contributed by atoms with van der Waals surface area (Å²) < 4.78 is 16.8. The number of allylic oxidation sites excluding steroid dienone is 2. The van der Waals surface area contributed by atoms with Crippen LogP contribution in [0.1, 0.15) is 78.6 Å². The predicted octanol–water partition coefficient (Wildman–Crippen LogP) is 4.13. The van der Waals surface area contributed by atoms with Gasteiger partial charge in [-0.15, -0.1) is 0 Å². The number of hydrogen-bond donors (Lipinski definition) is 1. The molecule has 1 aromatic carbocycles. The molecule has 0 amide bonds. The zero-order valence-corrected chi connectivity index (χ0v) is 26.1. The van der Waals surface area contributed by atoms with E-state index in [1.54, 1.807) is 21.5 Å². The molecule has 44 heavy (non-hydrogen) atoms. The summed E-state index contributed by atoms with van der Waals surface area (Å²) in [4.78, 5) is 42.4. The van der Waals surface area contributed by atoms with Crippen molar-refractivity contribution in [1.82, 2.24) is 13.9 Å². The van der Waals surface area contributed by atoms with E-state index in [2.05, 4.69) is 26.8 Å². The van der Waals surface area contributed by atoms with Crippen molar-refractivity contribution in [2.24, 2.45) is 34.5 Å². The Labute approximate surface area is 257 Å². The largest absolute Gasteiger partial charge is 0.392 e. The molecule has 0 radical (unpaired) electrons. The number of nitrogens with zero attached hydrogens (tertiary/aromatic N) is 3. The Kier molecular flexibility index (Phi) is 6.28. The van der Waals surface area contributed by atoms with Crippen molar-refractivity contribution in [3.63, 3.8) is 0 Å². The normalized spacial score (nSPS) is 42.8. The zero-order valence-electron chi connectivity index (χ0n) is 26.1. The number of carbonyl (C=O) groups excluding carboxylic acids is 1. The van der Waals surface area contributed by atoms with Gasteiger partial charge >= 0.3 is 11.4 Å². The molecule has 10 atom stereocenters. The first kappa shape index (κ1) is 28.7. The molecular weight excluding hydrogens is 558 g/mol. The van der Waals surface area contributed by atoms with E-state index in [0.29, 0.717) is 24.1 Å². The van der Waals surface area contributed by atoms with Gasteiger partial charge in [-0.05, 0) is 86.2 Å². The number of Topliss-reactive ketones (excluding diaryl/α,β-unsaturated/α-hetero) is 1. The molecular formula is C35H45N3O6. The Morgan fingerprint density at radius 3 is 2.50 bits per heavy atom. The van der Waals surface area contributed by atoms with Crippen LogP contribution in [0.3, 0.4) is 0 Å². The average molecular weight is 604 g/mol. The summed E-state index contributed by atoms with van der Waals surface area (Å²) in [5, 5.41) is 11.8. The predicted molar refractivity (Wildman–Crippen MR) is 163 cm³/mol. The highest BCUT2D eigenvalue weighted by atomic mass is 16.7. The molecule has 9 rings (SSSR count). The third kappa shape index (κ3) is 3.38. The van der Waals surface area contributed by atoms with Crippen LogP contribution < -0.4 is 11.4 Å². The molecule has 4 fully saturated rings. The van der Waals surface area contributed by atoms with E-state index in [1.807, 2.05) is 24.3 Å². The van der Waals surface area contributed by atoms with E-state index in [1.165, 1.54) is 4.57 Å². The molecule has 1 aromatic heterocycles. The van der Waals surface area contributed by atoms with Gasteiger partial charge in [0.2, 0.25) is 0 Å². The standard InChI is InChI=1S/C35H45N3O6/c1-22(21-44-29-11-7-8-18-43-29)25-12-13-26-32(25,2)15-14-27-33(3)28(40)19-24(39)20-34(33)16-17-35(26,27)38-31(42)36(30(41)37(34)38)23-9-5-4-6-10-23/h4-6,9-10,16-17,22,25-29,40H,7-8,11-15,18-21H2,1-3H3/t22-,25-,26-,27-,28+,29?,32-,33+,34-,35+/m1/s1. The number of ketones is 1. The lowest BCUT2D eigenvalue weighted by molar-refractivity contribution is -0.224. The van der Waals surface area contributed by atoms with Crippen LogP contribution in [0.25, 0.3) is 5.69 Å². The SMILES string of the molecule is C[C@H](COC1CCCCO1)[C@H]1CC[C@@H]2[C@]1(C)CC[C@H]1[C@]23C=C[C@]2(CC(=O)C[C@H](O)[C@]12C)n1c(=O)n(-c2ccccc2)c(=O)n13. The van der Waals surface area contributed by atoms with Gasteiger partial charge in [0.1, 0.15) is 5.78 Å². The van der Waals surface area contributed by atoms with Gasteiger partial charge in [-0.3, -0.25) is 4.79 Å². The van der Waals surface area contributed by atoms with Crippen molar-refractivity contribution < 1.29 is 19.4 Å². The molecule has 4 aliphatic carbocycles. The molecule has 2 aromatic rings. The summed E-state index contributed by atoms with van der Waals surface area (Å²) >= 11 is 0. The van der Waals surface area contributed by atoms with E-state index in [4.69, 9.17) is 9.47 Å². The number of rotatable bonds is 5. The zero-order chi connectivity index (χ0) is 30.6. The maximum Gasteiger partial charge on any atom is 0.352 e. The lowest BCUT2D eigenvalue weighted by Gasteiger charge is -2.71. The summed E-state index contributed by atoms with van der Waals surface area (Å²) in [5.41, 5.74) is -3.05. The number of hydrogen-bond acceptors (Lipinski definition) is 6. The third-order valence-corrected chi connectivity index (χ3v) is 13.4. The molecule has 9 nitrogen and oxygen atoms in total. The van der Waals surface area contributed by atoms with Gasteiger partial charge in [0.25, 0.3) is 0 Å². The fourth-order valence-electron chi connectivity index (χ4n) is 11.5. The lowest BCUT2D eigenvalue weighted by atomic mass is 9.40. The fourth-order valence-corrected chi connectivity index (χ4v) is 11.5. The Bertz CT molecular complexity index is 1640. The highest BCUT2D eigenvalue weighted by Crippen LogP contribution is 2.73. The minimum absolute atomic E-state index is 0.0790. The molecule has 4 heterocycles. The van der Waals surface area contributed by atoms with E-state index >= 15 is 0 Å². The van der Waals surface area contributed by atoms with Crippen LogP contribution in [0, 0.1) is 34.5 Å². The molecule has 2 spiro atoms. The van der Waals surface area contributed by atoms with Crippen LogP contribution in [0.5, 0.6) is 0 Å². The first-order valence-corrected chi connectivity index (χ1v) is 16.8. The molecule has 1 unspecified atom stereocenters. The molecule has 9 heteroatoms. The van der Waals surface area contributed by atoms with Crippen LogP contribution in [0.4, 0.5) is 0 Å². The molecule has 1 saturated heterocycles. The topological polar surface area (TPSA) is 105 Å². The molecule has 7 aliphatic rings. The van der Waals surface area contributed by atoms with E-state index < -0.39 is 28.3 Å². The van der Waals surface area contributed by atoms with Crippen molar-refractivity contribution in [2.45, 2.75) is 102 Å². The minimum atomic E-state index is -1.10. The van der Waals surface area contributed by atoms with Gasteiger partial charge in [0, 0.05) is 24.9 Å². The number of carbonyl (C=O) groups is 1. The van der Waals surface area contributed by atoms with Gasteiger partial charge in [0.15, 0.2) is 6.29 Å². The monoisotopic (exact) mass is 603 g/mol. The third-order valence-electron chi connectivity index (χ3n) is 13.4. The van der Waals surface area contributed by atoms with Crippen molar-refractivity contribution in [3.8, 4) is 5.69 Å². The average Bonchev–Trinajstić information content (AvgIpc) is 3.52. The number of para-hydroxylation sites is 1.